The summed E-state index contributed by atoms with van der Waals surface area (Å²) < 4.78 is 1.76. The fourth-order valence-electron chi connectivity index (χ4n) is 2.86. The van der Waals surface area contributed by atoms with Gasteiger partial charge in [0.15, 0.2) is 0 Å². The SMILES string of the molecule is CCCCn1nc(C)c(/C=C/C(=O)N(C)CC(=O)Nc2cccc(C)c2C)c1Cl. The Bertz CT molecular complexity index is 918. The predicted molar refractivity (Wildman–Crippen MR) is 118 cm³/mol. The van der Waals surface area contributed by atoms with Crippen LogP contribution in [-0.2, 0) is 16.1 Å². The summed E-state index contributed by atoms with van der Waals surface area (Å²) >= 11 is 6.39. The average Bonchev–Trinajstić information content (AvgIpc) is 2.94. The number of aromatic nitrogens is 2. The van der Waals surface area contributed by atoms with Crippen molar-refractivity contribution >= 4 is 35.2 Å². The first-order valence-electron chi connectivity index (χ1n) is 9.76. The van der Waals surface area contributed by atoms with Crippen molar-refractivity contribution in [3.8, 4) is 0 Å². The zero-order chi connectivity index (χ0) is 21.6. The maximum Gasteiger partial charge on any atom is 0.246 e. The number of carbonyl (C=O) groups excluding carboxylic acids is 2. The van der Waals surface area contributed by atoms with Gasteiger partial charge in [-0.2, -0.15) is 5.10 Å². The van der Waals surface area contributed by atoms with Crippen molar-refractivity contribution in [2.24, 2.45) is 0 Å². The second kappa shape index (κ2) is 10.3. The monoisotopic (exact) mass is 416 g/mol. The Morgan fingerprint density at radius 2 is 2.00 bits per heavy atom. The van der Waals surface area contributed by atoms with Gasteiger partial charge in [-0.3, -0.25) is 14.3 Å². The third-order valence-electron chi connectivity index (χ3n) is 4.86. The van der Waals surface area contributed by atoms with Crippen LogP contribution >= 0.6 is 11.6 Å². The molecule has 0 fully saturated rings. The molecular formula is C22H29ClN4O2. The van der Waals surface area contributed by atoms with Gasteiger partial charge in [-0.1, -0.05) is 37.1 Å². The van der Waals surface area contributed by atoms with Gasteiger partial charge >= 0.3 is 0 Å². The number of unbranched alkanes of at least 4 members (excludes halogenated alkanes) is 1. The van der Waals surface area contributed by atoms with Crippen molar-refractivity contribution in [1.29, 1.82) is 0 Å². The first-order valence-corrected chi connectivity index (χ1v) is 10.1. The fraction of sp³-hybridized carbons (Fsp3) is 0.409. The van der Waals surface area contributed by atoms with E-state index in [4.69, 9.17) is 11.6 Å². The van der Waals surface area contributed by atoms with Gasteiger partial charge in [0.05, 0.1) is 12.2 Å². The number of aryl methyl sites for hydroxylation is 3. The Morgan fingerprint density at radius 3 is 2.69 bits per heavy atom. The molecule has 0 aliphatic rings. The smallest absolute Gasteiger partial charge is 0.246 e. The highest BCUT2D eigenvalue weighted by Gasteiger charge is 2.14. The molecule has 0 atom stereocenters. The Balaban J connectivity index is 1.99. The second-order valence-corrected chi connectivity index (χ2v) is 7.55. The van der Waals surface area contributed by atoms with E-state index in [9.17, 15) is 9.59 Å². The predicted octanol–water partition coefficient (Wildman–Crippen LogP) is 4.37. The summed E-state index contributed by atoms with van der Waals surface area (Å²) in [5.41, 5.74) is 4.37. The van der Waals surface area contributed by atoms with Gasteiger partial charge in [-0.05, 0) is 50.5 Å². The molecule has 7 heteroatoms. The molecule has 1 aromatic heterocycles. The highest BCUT2D eigenvalue weighted by Crippen LogP contribution is 2.22. The molecule has 1 N–H and O–H groups in total. The molecule has 6 nitrogen and oxygen atoms in total. The van der Waals surface area contributed by atoms with Crippen LogP contribution in [0.1, 0.15) is 42.1 Å². The Morgan fingerprint density at radius 1 is 1.28 bits per heavy atom. The van der Waals surface area contributed by atoms with Crippen LogP contribution in [0, 0.1) is 20.8 Å². The van der Waals surface area contributed by atoms with Crippen LogP contribution in [0.5, 0.6) is 0 Å². The molecule has 0 spiro atoms. The van der Waals surface area contributed by atoms with Crippen LogP contribution in [0.2, 0.25) is 5.15 Å². The van der Waals surface area contributed by atoms with E-state index in [2.05, 4.69) is 17.3 Å². The van der Waals surface area contributed by atoms with Crippen LogP contribution in [-0.4, -0.2) is 40.1 Å². The largest absolute Gasteiger partial charge is 0.333 e. The van der Waals surface area contributed by atoms with Gasteiger partial charge in [0, 0.05) is 30.9 Å². The summed E-state index contributed by atoms with van der Waals surface area (Å²) in [6, 6.07) is 5.73. The van der Waals surface area contributed by atoms with E-state index < -0.39 is 0 Å². The van der Waals surface area contributed by atoms with E-state index in [1.165, 1.54) is 11.0 Å². The van der Waals surface area contributed by atoms with Crippen LogP contribution < -0.4 is 5.32 Å². The lowest BCUT2D eigenvalue weighted by Gasteiger charge is -2.16. The molecule has 1 heterocycles. The topological polar surface area (TPSA) is 67.2 Å². The van der Waals surface area contributed by atoms with Crippen LogP contribution in [0.25, 0.3) is 6.08 Å². The Hall–Kier alpha value is -2.60. The number of halogens is 1. The molecule has 0 unspecified atom stereocenters. The zero-order valence-electron chi connectivity index (χ0n) is 17.8. The molecule has 0 saturated heterocycles. The first kappa shape index (κ1) is 22.7. The zero-order valence-corrected chi connectivity index (χ0v) is 18.5. The maximum absolute atomic E-state index is 12.4. The van der Waals surface area contributed by atoms with E-state index in [1.807, 2.05) is 39.0 Å². The molecular weight excluding hydrogens is 388 g/mol. The van der Waals surface area contributed by atoms with E-state index in [0.29, 0.717) is 5.15 Å². The molecule has 0 bridgehead atoms. The summed E-state index contributed by atoms with van der Waals surface area (Å²) in [6.07, 6.45) is 5.12. The molecule has 0 radical (unpaired) electrons. The molecule has 29 heavy (non-hydrogen) atoms. The lowest BCUT2D eigenvalue weighted by Crippen LogP contribution is -2.34. The summed E-state index contributed by atoms with van der Waals surface area (Å²) in [5.74, 6) is -0.526. The fourth-order valence-corrected chi connectivity index (χ4v) is 3.19. The third kappa shape index (κ3) is 5.94. The first-order chi connectivity index (χ1) is 13.7. The summed E-state index contributed by atoms with van der Waals surface area (Å²) in [7, 11) is 1.59. The minimum atomic E-state index is -0.280. The number of nitrogens with one attached hydrogen (secondary N) is 1. The lowest BCUT2D eigenvalue weighted by molar-refractivity contribution is -0.129. The quantitative estimate of drug-likeness (QED) is 0.649. The van der Waals surface area contributed by atoms with Crippen molar-refractivity contribution < 1.29 is 9.59 Å². The molecule has 0 saturated carbocycles. The van der Waals surface area contributed by atoms with Gasteiger partial charge in [0.25, 0.3) is 0 Å². The highest BCUT2D eigenvalue weighted by molar-refractivity contribution is 6.31. The van der Waals surface area contributed by atoms with Crippen molar-refractivity contribution in [3.05, 3.63) is 51.8 Å². The van der Waals surface area contributed by atoms with Crippen molar-refractivity contribution in [3.63, 3.8) is 0 Å². The highest BCUT2D eigenvalue weighted by atomic mass is 35.5. The number of rotatable bonds is 8. The minimum Gasteiger partial charge on any atom is -0.333 e. The molecule has 0 aliphatic carbocycles. The van der Waals surface area contributed by atoms with Crippen LogP contribution in [0.3, 0.4) is 0 Å². The normalized spacial score (nSPS) is 11.1. The maximum atomic E-state index is 12.4. The molecule has 2 amide bonds. The second-order valence-electron chi connectivity index (χ2n) is 7.19. The number of hydrogen-bond acceptors (Lipinski definition) is 3. The number of anilines is 1. The Labute approximate surface area is 177 Å². The molecule has 2 aromatic rings. The standard InChI is InChI=1S/C22H29ClN4O2/c1-6-7-13-27-22(23)18(17(4)25-27)11-12-21(29)26(5)14-20(28)24-19-10-8-9-15(2)16(19)3/h8-12H,6-7,13-14H2,1-5H3,(H,24,28)/b12-11+. The number of benzene rings is 1. The number of hydrogen-bond donors (Lipinski definition) is 1. The van der Waals surface area contributed by atoms with E-state index in [-0.39, 0.29) is 18.4 Å². The van der Waals surface area contributed by atoms with Crippen molar-refractivity contribution in [2.75, 3.05) is 18.9 Å². The third-order valence-corrected chi connectivity index (χ3v) is 5.26. The number of carbonyl (C=O) groups is 2. The van der Waals surface area contributed by atoms with Gasteiger partial charge in [0.1, 0.15) is 5.15 Å². The van der Waals surface area contributed by atoms with E-state index in [1.54, 1.807) is 17.8 Å². The Kier molecular flexibility index (Phi) is 8.02. The van der Waals surface area contributed by atoms with Gasteiger partial charge in [-0.15, -0.1) is 0 Å². The van der Waals surface area contributed by atoms with Gasteiger partial charge < -0.3 is 10.2 Å². The summed E-state index contributed by atoms with van der Waals surface area (Å²) in [6.45, 7) is 8.61. The van der Waals surface area contributed by atoms with E-state index >= 15 is 0 Å². The summed E-state index contributed by atoms with van der Waals surface area (Å²) in [4.78, 5) is 26.1. The summed E-state index contributed by atoms with van der Waals surface area (Å²) in [5, 5.41) is 7.81. The van der Waals surface area contributed by atoms with E-state index in [0.717, 1.165) is 47.5 Å². The van der Waals surface area contributed by atoms with Crippen molar-refractivity contribution in [1.82, 2.24) is 14.7 Å². The minimum absolute atomic E-state index is 0.0426. The average molecular weight is 417 g/mol. The van der Waals surface area contributed by atoms with Gasteiger partial charge in [0.2, 0.25) is 11.8 Å². The van der Waals surface area contributed by atoms with Crippen LogP contribution in [0.15, 0.2) is 24.3 Å². The molecule has 156 valence electrons. The number of amides is 2. The molecule has 0 aliphatic heterocycles. The molecule has 2 rings (SSSR count). The lowest BCUT2D eigenvalue weighted by atomic mass is 10.1. The van der Waals surface area contributed by atoms with Crippen molar-refractivity contribution in [2.45, 2.75) is 47.1 Å². The number of nitrogens with zero attached hydrogens (tertiary/aromatic N) is 3. The van der Waals surface area contributed by atoms with Crippen LogP contribution in [0.4, 0.5) is 5.69 Å². The van der Waals surface area contributed by atoms with Gasteiger partial charge in [-0.25, -0.2) is 0 Å². The number of likely N-dealkylation sites (N-methyl/N-ethyl adjacent to an activating group) is 1. The molecule has 1 aromatic carbocycles.